The maximum atomic E-state index is 5.96. The predicted octanol–water partition coefficient (Wildman–Crippen LogP) is 8.34. The molecule has 6 nitrogen and oxygen atoms in total. The molecule has 0 saturated heterocycles. The number of halogens is 1. The Bertz CT molecular complexity index is 1780. The van der Waals surface area contributed by atoms with Crippen LogP contribution in [0.5, 0.6) is 23.0 Å². The highest BCUT2D eigenvalue weighted by Gasteiger charge is 2.50. The third-order valence-corrected chi connectivity index (χ3v) is 9.12. The number of nitrogens with zero attached hydrogens (tertiary/aromatic N) is 1. The number of aromatic amines is 1. The third-order valence-electron chi connectivity index (χ3n) is 8.59. The molecule has 3 aromatic carbocycles. The first-order chi connectivity index (χ1) is 19.1. The lowest BCUT2D eigenvalue weighted by Crippen LogP contribution is -2.30. The summed E-state index contributed by atoms with van der Waals surface area (Å²) < 4.78 is 26.8. The van der Waals surface area contributed by atoms with Gasteiger partial charge in [0.05, 0.1) is 50.7 Å². The number of hydrogen-bond donors (Lipinski definition) is 1. The lowest BCUT2D eigenvalue weighted by molar-refractivity contribution is 0.364. The summed E-state index contributed by atoms with van der Waals surface area (Å²) >= 11 is 3.62. The Morgan fingerprint density at radius 3 is 2.00 bits per heavy atom. The molecule has 6 rings (SSSR count). The maximum absolute atomic E-state index is 5.96. The van der Waals surface area contributed by atoms with E-state index in [2.05, 4.69) is 89.6 Å². The van der Waals surface area contributed by atoms with Crippen LogP contribution >= 0.6 is 15.9 Å². The fraction of sp³-hybridized carbons (Fsp3) is 0.333. The van der Waals surface area contributed by atoms with Crippen LogP contribution in [-0.2, 0) is 11.0 Å². The van der Waals surface area contributed by atoms with E-state index < -0.39 is 5.54 Å². The standard InChI is InChI=1S/C33H35BrN2O4/c1-18-27-24(14-22(38-6)16-25(27)39-7)36-31(18)32(2,3)17-33(36,4)30-28(19-9-11-20(34)12-10-19)29-23(35-30)13-21(37-5)15-26(29)40-8/h9-16,35H,17H2,1-8H3. The Morgan fingerprint density at radius 1 is 0.800 bits per heavy atom. The molecule has 0 spiro atoms. The molecule has 1 unspecified atom stereocenters. The van der Waals surface area contributed by atoms with Crippen molar-refractivity contribution < 1.29 is 18.9 Å². The van der Waals surface area contributed by atoms with Gasteiger partial charge in [0.15, 0.2) is 0 Å². The summed E-state index contributed by atoms with van der Waals surface area (Å²) in [5, 5.41) is 2.16. The number of aromatic nitrogens is 2. The number of hydrogen-bond acceptors (Lipinski definition) is 4. The van der Waals surface area contributed by atoms with Crippen molar-refractivity contribution in [3.05, 3.63) is 70.0 Å². The quantitative estimate of drug-likeness (QED) is 0.212. The third kappa shape index (κ3) is 3.66. The van der Waals surface area contributed by atoms with Crippen molar-refractivity contribution in [2.75, 3.05) is 28.4 Å². The van der Waals surface area contributed by atoms with Crippen molar-refractivity contribution >= 4 is 37.7 Å². The zero-order valence-electron chi connectivity index (χ0n) is 24.3. The van der Waals surface area contributed by atoms with E-state index in [1.165, 1.54) is 11.3 Å². The second kappa shape index (κ2) is 9.23. The number of ether oxygens (including phenoxy) is 4. The maximum Gasteiger partial charge on any atom is 0.132 e. The molecule has 0 fully saturated rings. The minimum atomic E-state index is -0.428. The summed E-state index contributed by atoms with van der Waals surface area (Å²) in [7, 11) is 6.83. The van der Waals surface area contributed by atoms with Crippen molar-refractivity contribution in [1.29, 1.82) is 0 Å². The van der Waals surface area contributed by atoms with Gasteiger partial charge in [0, 0.05) is 56.2 Å². The largest absolute Gasteiger partial charge is 0.497 e. The van der Waals surface area contributed by atoms with Crippen molar-refractivity contribution in [3.8, 4) is 34.1 Å². The Morgan fingerprint density at radius 2 is 1.40 bits per heavy atom. The van der Waals surface area contributed by atoms with Gasteiger partial charge in [0.1, 0.15) is 23.0 Å². The topological polar surface area (TPSA) is 57.6 Å². The molecule has 0 saturated carbocycles. The van der Waals surface area contributed by atoms with Crippen LogP contribution in [-0.4, -0.2) is 38.0 Å². The Hall–Kier alpha value is -3.58. The van der Waals surface area contributed by atoms with Crippen molar-refractivity contribution in [2.45, 2.75) is 45.1 Å². The van der Waals surface area contributed by atoms with Gasteiger partial charge in [-0.25, -0.2) is 0 Å². The zero-order valence-corrected chi connectivity index (χ0v) is 25.9. The van der Waals surface area contributed by atoms with E-state index in [-0.39, 0.29) is 5.41 Å². The Labute approximate surface area is 243 Å². The lowest BCUT2D eigenvalue weighted by atomic mass is 9.77. The number of rotatable bonds is 6. The normalized spacial score (nSPS) is 17.8. The molecule has 1 aliphatic rings. The van der Waals surface area contributed by atoms with E-state index in [4.69, 9.17) is 18.9 Å². The van der Waals surface area contributed by atoms with Gasteiger partial charge < -0.3 is 28.5 Å². The molecule has 7 heteroatoms. The highest BCUT2D eigenvalue weighted by Crippen LogP contribution is 2.57. The molecule has 0 bridgehead atoms. The summed E-state index contributed by atoms with van der Waals surface area (Å²) in [4.78, 5) is 3.86. The number of methoxy groups -OCH3 is 4. The fourth-order valence-corrected chi connectivity index (χ4v) is 7.48. The minimum absolute atomic E-state index is 0.105. The minimum Gasteiger partial charge on any atom is -0.497 e. The molecule has 0 radical (unpaired) electrons. The number of H-pyrrole nitrogens is 1. The molecule has 208 valence electrons. The van der Waals surface area contributed by atoms with Crippen LogP contribution in [0.25, 0.3) is 32.9 Å². The average Bonchev–Trinajstić information content (AvgIpc) is 3.55. The van der Waals surface area contributed by atoms with Crippen LogP contribution in [0.4, 0.5) is 0 Å². The van der Waals surface area contributed by atoms with E-state index in [1.54, 1.807) is 28.4 Å². The molecule has 1 N–H and O–H groups in total. The first-order valence-electron chi connectivity index (χ1n) is 13.4. The van der Waals surface area contributed by atoms with Gasteiger partial charge in [-0.1, -0.05) is 41.9 Å². The van der Waals surface area contributed by atoms with E-state index in [0.29, 0.717) is 0 Å². The van der Waals surface area contributed by atoms with Gasteiger partial charge in [-0.3, -0.25) is 0 Å². The lowest BCUT2D eigenvalue weighted by Gasteiger charge is -2.30. The second-order valence-electron chi connectivity index (χ2n) is 11.5. The van der Waals surface area contributed by atoms with Gasteiger partial charge in [-0.15, -0.1) is 0 Å². The summed E-state index contributed by atoms with van der Waals surface area (Å²) in [6, 6.07) is 16.6. The summed E-state index contributed by atoms with van der Waals surface area (Å²) in [5.41, 5.74) is 7.45. The summed E-state index contributed by atoms with van der Waals surface area (Å²) in [6.45, 7) is 9.23. The van der Waals surface area contributed by atoms with E-state index >= 15 is 0 Å². The molecule has 1 atom stereocenters. The van der Waals surface area contributed by atoms with Crippen LogP contribution in [0.15, 0.2) is 53.0 Å². The molecule has 5 aromatic rings. The highest BCUT2D eigenvalue weighted by atomic mass is 79.9. The highest BCUT2D eigenvalue weighted by molar-refractivity contribution is 9.10. The van der Waals surface area contributed by atoms with Crippen LogP contribution in [0.3, 0.4) is 0 Å². The van der Waals surface area contributed by atoms with Gasteiger partial charge in [0.25, 0.3) is 0 Å². The van der Waals surface area contributed by atoms with E-state index in [0.717, 1.165) is 72.5 Å². The summed E-state index contributed by atoms with van der Waals surface area (Å²) in [5.74, 6) is 3.11. The Balaban J connectivity index is 1.77. The zero-order chi connectivity index (χ0) is 28.6. The Kier molecular flexibility index (Phi) is 6.15. The smallest absolute Gasteiger partial charge is 0.132 e. The van der Waals surface area contributed by atoms with E-state index in [1.807, 2.05) is 12.1 Å². The number of aryl methyl sites for hydroxylation is 1. The molecular formula is C33H35BrN2O4. The van der Waals surface area contributed by atoms with Gasteiger partial charge in [-0.05, 0) is 43.5 Å². The molecule has 3 heterocycles. The first-order valence-corrected chi connectivity index (χ1v) is 14.2. The van der Waals surface area contributed by atoms with Crippen molar-refractivity contribution in [3.63, 3.8) is 0 Å². The second-order valence-corrected chi connectivity index (χ2v) is 12.4. The first kappa shape index (κ1) is 26.6. The molecule has 0 amide bonds. The monoisotopic (exact) mass is 602 g/mol. The van der Waals surface area contributed by atoms with Crippen molar-refractivity contribution in [2.24, 2.45) is 0 Å². The van der Waals surface area contributed by atoms with Gasteiger partial charge >= 0.3 is 0 Å². The molecular weight excluding hydrogens is 568 g/mol. The van der Waals surface area contributed by atoms with Crippen LogP contribution in [0.2, 0.25) is 0 Å². The molecule has 1 aliphatic heterocycles. The van der Waals surface area contributed by atoms with Crippen LogP contribution in [0, 0.1) is 6.92 Å². The van der Waals surface area contributed by atoms with E-state index in [9.17, 15) is 0 Å². The van der Waals surface area contributed by atoms with Gasteiger partial charge in [-0.2, -0.15) is 0 Å². The van der Waals surface area contributed by atoms with Gasteiger partial charge in [0.2, 0.25) is 0 Å². The van der Waals surface area contributed by atoms with Crippen LogP contribution in [0.1, 0.15) is 44.1 Å². The van der Waals surface area contributed by atoms with Crippen molar-refractivity contribution in [1.82, 2.24) is 9.55 Å². The molecule has 2 aromatic heterocycles. The van der Waals surface area contributed by atoms with Crippen LogP contribution < -0.4 is 18.9 Å². The predicted molar refractivity (Wildman–Crippen MR) is 165 cm³/mol. The fourth-order valence-electron chi connectivity index (χ4n) is 7.22. The molecule has 40 heavy (non-hydrogen) atoms. The molecule has 0 aliphatic carbocycles. The number of fused-ring (bicyclic) bond motifs is 4. The summed E-state index contributed by atoms with van der Waals surface area (Å²) in [6.07, 6.45) is 0.904. The SMILES string of the molecule is COc1cc(OC)c2c(-c3ccc(Br)cc3)c(C3(C)CC(C)(C)c4c(C)c5c(OC)cc(OC)cc5n43)[nH]c2c1. The number of nitrogens with one attached hydrogen (secondary N) is 1. The number of benzene rings is 3. The average molecular weight is 604 g/mol.